The maximum atomic E-state index is 13.1. The topological polar surface area (TPSA) is 61.0 Å². The van der Waals surface area contributed by atoms with Crippen LogP contribution in [0.15, 0.2) is 42.5 Å². The van der Waals surface area contributed by atoms with E-state index in [2.05, 4.69) is 15.3 Å². The van der Waals surface area contributed by atoms with E-state index in [0.29, 0.717) is 10.8 Å². The number of aromatic amines is 1. The van der Waals surface area contributed by atoms with Crippen LogP contribution in [0.1, 0.15) is 17.4 Å². The van der Waals surface area contributed by atoms with Gasteiger partial charge in [-0.2, -0.15) is 0 Å². The number of amides is 1. The van der Waals surface area contributed by atoms with Crippen LogP contribution in [0.3, 0.4) is 0 Å². The summed E-state index contributed by atoms with van der Waals surface area (Å²) in [5.41, 5.74) is 2.33. The molecule has 7 heteroatoms. The predicted octanol–water partition coefficient (Wildman–Crippen LogP) is 3.27. The second kappa shape index (κ2) is 7.21. The molecular weight excluding hydrogens is 343 g/mol. The summed E-state index contributed by atoms with van der Waals surface area (Å²) >= 11 is 5.96. The largest absolute Gasteiger partial charge is 0.347 e. The molecule has 5 nitrogen and oxygen atoms in total. The molecule has 0 unspecified atom stereocenters. The van der Waals surface area contributed by atoms with Gasteiger partial charge in [0.1, 0.15) is 17.7 Å². The van der Waals surface area contributed by atoms with Crippen LogP contribution in [0.5, 0.6) is 0 Å². The molecule has 2 aromatic carbocycles. The molecule has 2 N–H and O–H groups in total. The van der Waals surface area contributed by atoms with Crippen molar-refractivity contribution in [3.05, 3.63) is 64.7 Å². The summed E-state index contributed by atoms with van der Waals surface area (Å²) in [4.78, 5) is 21.9. The van der Waals surface area contributed by atoms with E-state index in [1.165, 1.54) is 12.1 Å². The fourth-order valence-electron chi connectivity index (χ4n) is 2.72. The molecule has 130 valence electrons. The van der Waals surface area contributed by atoms with Crippen LogP contribution in [0, 0.1) is 5.82 Å². The summed E-state index contributed by atoms with van der Waals surface area (Å²) in [6, 6.07) is 10.8. The molecule has 0 aliphatic rings. The van der Waals surface area contributed by atoms with E-state index in [1.807, 2.05) is 6.07 Å². The number of likely N-dealkylation sites (N-methyl/N-ethyl adjacent to an activating group) is 1. The maximum absolute atomic E-state index is 13.1. The third kappa shape index (κ3) is 3.97. The second-order valence-corrected chi connectivity index (χ2v) is 6.42. The molecule has 0 radical (unpaired) electrons. The van der Waals surface area contributed by atoms with Crippen LogP contribution >= 0.6 is 11.6 Å². The Bertz CT molecular complexity index is 892. The van der Waals surface area contributed by atoms with Crippen molar-refractivity contribution in [2.24, 2.45) is 0 Å². The van der Waals surface area contributed by atoms with Crippen LogP contribution in [0.2, 0.25) is 5.02 Å². The zero-order valence-electron chi connectivity index (χ0n) is 13.9. The molecule has 0 fully saturated rings. The van der Waals surface area contributed by atoms with E-state index in [-0.39, 0.29) is 18.3 Å². The standard InChI is InChI=1S/C18H18ClFN4O/c1-24(2)17(11-3-6-13(20)7-4-11)18(25)21-10-16-22-14-8-5-12(19)9-15(14)23-16/h3-9,17H,10H2,1-2H3,(H,21,25)(H,22,23)/t17-/m1/s1. The van der Waals surface area contributed by atoms with Crippen molar-refractivity contribution in [1.82, 2.24) is 20.2 Å². The minimum Gasteiger partial charge on any atom is -0.347 e. The molecule has 0 saturated carbocycles. The molecule has 1 aromatic heterocycles. The first-order valence-corrected chi connectivity index (χ1v) is 8.15. The van der Waals surface area contributed by atoms with Crippen LogP contribution in [-0.2, 0) is 11.3 Å². The number of rotatable bonds is 5. The van der Waals surface area contributed by atoms with E-state index in [1.54, 1.807) is 43.3 Å². The van der Waals surface area contributed by atoms with E-state index in [9.17, 15) is 9.18 Å². The fraction of sp³-hybridized carbons (Fsp3) is 0.222. The van der Waals surface area contributed by atoms with Crippen LogP contribution in [-0.4, -0.2) is 34.9 Å². The van der Waals surface area contributed by atoms with Gasteiger partial charge in [-0.3, -0.25) is 9.69 Å². The lowest BCUT2D eigenvalue weighted by Crippen LogP contribution is -2.36. The summed E-state index contributed by atoms with van der Waals surface area (Å²) < 4.78 is 13.1. The van der Waals surface area contributed by atoms with Crippen LogP contribution in [0.25, 0.3) is 11.0 Å². The minimum absolute atomic E-state index is 0.185. The maximum Gasteiger partial charge on any atom is 0.242 e. The quantitative estimate of drug-likeness (QED) is 0.734. The highest BCUT2D eigenvalue weighted by Gasteiger charge is 2.23. The molecule has 1 heterocycles. The van der Waals surface area contributed by atoms with Gasteiger partial charge in [-0.15, -0.1) is 0 Å². The van der Waals surface area contributed by atoms with Crippen molar-refractivity contribution >= 4 is 28.5 Å². The van der Waals surface area contributed by atoms with Gasteiger partial charge in [0, 0.05) is 5.02 Å². The summed E-state index contributed by atoms with van der Waals surface area (Å²) in [5, 5.41) is 3.49. The summed E-state index contributed by atoms with van der Waals surface area (Å²) in [6.45, 7) is 0.261. The molecule has 25 heavy (non-hydrogen) atoms. The fourth-order valence-corrected chi connectivity index (χ4v) is 2.89. The van der Waals surface area contributed by atoms with E-state index in [4.69, 9.17) is 11.6 Å². The highest BCUT2D eigenvalue weighted by Crippen LogP contribution is 2.20. The SMILES string of the molecule is CN(C)[C@@H](C(=O)NCc1nc2ccc(Cl)cc2[nH]1)c1ccc(F)cc1. The zero-order chi connectivity index (χ0) is 18.0. The lowest BCUT2D eigenvalue weighted by Gasteiger charge is -2.23. The molecule has 0 bridgehead atoms. The Morgan fingerprint density at radius 3 is 2.68 bits per heavy atom. The number of fused-ring (bicyclic) bond motifs is 1. The molecular formula is C18H18ClFN4O. The Morgan fingerprint density at radius 1 is 1.28 bits per heavy atom. The Labute approximate surface area is 149 Å². The van der Waals surface area contributed by atoms with Crippen molar-refractivity contribution in [3.63, 3.8) is 0 Å². The van der Waals surface area contributed by atoms with E-state index in [0.717, 1.165) is 16.6 Å². The Morgan fingerprint density at radius 2 is 2.00 bits per heavy atom. The Balaban J connectivity index is 1.73. The number of hydrogen-bond donors (Lipinski definition) is 2. The van der Waals surface area contributed by atoms with Gasteiger partial charge in [-0.05, 0) is 50.0 Å². The third-order valence-corrected chi connectivity index (χ3v) is 4.11. The summed E-state index contributed by atoms with van der Waals surface area (Å²) in [5.74, 6) is 0.125. The molecule has 3 rings (SSSR count). The average molecular weight is 361 g/mol. The second-order valence-electron chi connectivity index (χ2n) is 5.98. The van der Waals surface area contributed by atoms with Gasteiger partial charge < -0.3 is 10.3 Å². The first kappa shape index (κ1) is 17.4. The number of aromatic nitrogens is 2. The number of nitrogens with zero attached hydrogens (tertiary/aromatic N) is 2. The molecule has 0 aliphatic carbocycles. The molecule has 1 amide bonds. The monoisotopic (exact) mass is 360 g/mol. The number of benzene rings is 2. The van der Waals surface area contributed by atoms with Gasteiger partial charge in [0.15, 0.2) is 0 Å². The lowest BCUT2D eigenvalue weighted by molar-refractivity contribution is -0.126. The molecule has 0 saturated heterocycles. The van der Waals surface area contributed by atoms with Crippen molar-refractivity contribution in [2.75, 3.05) is 14.1 Å². The highest BCUT2D eigenvalue weighted by atomic mass is 35.5. The van der Waals surface area contributed by atoms with Gasteiger partial charge in [-0.25, -0.2) is 9.37 Å². The van der Waals surface area contributed by atoms with Crippen molar-refractivity contribution in [3.8, 4) is 0 Å². The number of halogens is 2. The first-order valence-electron chi connectivity index (χ1n) is 7.78. The van der Waals surface area contributed by atoms with E-state index >= 15 is 0 Å². The van der Waals surface area contributed by atoms with Crippen molar-refractivity contribution in [1.29, 1.82) is 0 Å². The van der Waals surface area contributed by atoms with Gasteiger partial charge in [-0.1, -0.05) is 23.7 Å². The van der Waals surface area contributed by atoms with Gasteiger partial charge in [0.2, 0.25) is 5.91 Å². The van der Waals surface area contributed by atoms with Crippen molar-refractivity contribution < 1.29 is 9.18 Å². The number of hydrogen-bond acceptors (Lipinski definition) is 3. The molecule has 3 aromatic rings. The zero-order valence-corrected chi connectivity index (χ0v) is 14.6. The van der Waals surface area contributed by atoms with E-state index < -0.39 is 6.04 Å². The average Bonchev–Trinajstić information content (AvgIpc) is 2.96. The van der Waals surface area contributed by atoms with Crippen LogP contribution < -0.4 is 5.32 Å². The van der Waals surface area contributed by atoms with Gasteiger partial charge in [0.25, 0.3) is 0 Å². The minimum atomic E-state index is -0.514. The molecule has 1 atom stereocenters. The summed E-state index contributed by atoms with van der Waals surface area (Å²) in [7, 11) is 3.60. The van der Waals surface area contributed by atoms with Crippen molar-refractivity contribution in [2.45, 2.75) is 12.6 Å². The van der Waals surface area contributed by atoms with Gasteiger partial charge in [0.05, 0.1) is 17.6 Å². The highest BCUT2D eigenvalue weighted by molar-refractivity contribution is 6.31. The number of imidazole rings is 1. The number of carbonyl (C=O) groups excluding carboxylic acids is 1. The normalized spacial score (nSPS) is 12.5. The Kier molecular flexibility index (Phi) is 5.01. The third-order valence-electron chi connectivity index (χ3n) is 3.87. The molecule has 0 aliphatic heterocycles. The number of H-pyrrole nitrogens is 1. The molecule has 0 spiro atoms. The number of carbonyl (C=O) groups is 1. The van der Waals surface area contributed by atoms with Gasteiger partial charge >= 0.3 is 0 Å². The smallest absolute Gasteiger partial charge is 0.242 e. The van der Waals surface area contributed by atoms with Crippen LogP contribution in [0.4, 0.5) is 4.39 Å². The predicted molar refractivity (Wildman–Crippen MR) is 95.8 cm³/mol. The number of nitrogens with one attached hydrogen (secondary N) is 2. The first-order chi connectivity index (χ1) is 11.9. The Hall–Kier alpha value is -2.44. The lowest BCUT2D eigenvalue weighted by atomic mass is 10.1. The summed E-state index contributed by atoms with van der Waals surface area (Å²) in [6.07, 6.45) is 0.